The van der Waals surface area contributed by atoms with E-state index in [4.69, 9.17) is 5.11 Å². The lowest BCUT2D eigenvalue weighted by Crippen LogP contribution is -2.20. The number of aromatic hydroxyl groups is 1. The predicted molar refractivity (Wildman–Crippen MR) is 60.8 cm³/mol. The van der Waals surface area contributed by atoms with Crippen LogP contribution in [0.5, 0.6) is 5.75 Å². The third-order valence-electron chi connectivity index (χ3n) is 2.44. The molecule has 0 saturated heterocycles. The van der Waals surface area contributed by atoms with Gasteiger partial charge in [0.2, 0.25) is 0 Å². The van der Waals surface area contributed by atoms with Crippen molar-refractivity contribution in [2.75, 3.05) is 13.2 Å². The second kappa shape index (κ2) is 6.43. The van der Waals surface area contributed by atoms with Gasteiger partial charge >= 0.3 is 0 Å². The highest BCUT2D eigenvalue weighted by molar-refractivity contribution is 5.33. The molecule has 0 fully saturated rings. The van der Waals surface area contributed by atoms with Crippen LogP contribution in [0.1, 0.15) is 31.4 Å². The number of para-hydroxylation sites is 1. The minimum Gasteiger partial charge on any atom is -0.508 e. The van der Waals surface area contributed by atoms with E-state index >= 15 is 0 Å². The summed E-state index contributed by atoms with van der Waals surface area (Å²) in [6.45, 7) is 3.12. The average Bonchev–Trinajstić information content (AvgIpc) is 2.25. The second-order valence-corrected chi connectivity index (χ2v) is 3.67. The van der Waals surface area contributed by atoms with Crippen LogP contribution in [0.4, 0.5) is 0 Å². The lowest BCUT2D eigenvalue weighted by molar-refractivity contribution is 0.282. The maximum Gasteiger partial charge on any atom is 0.120 e. The SMILES string of the molecule is CC(NCCCCO)c1ccccc1O. The molecule has 0 bridgehead atoms. The third-order valence-corrected chi connectivity index (χ3v) is 2.44. The summed E-state index contributed by atoms with van der Waals surface area (Å²) in [7, 11) is 0. The molecule has 1 rings (SSSR count). The molecule has 3 nitrogen and oxygen atoms in total. The van der Waals surface area contributed by atoms with Gasteiger partial charge in [-0.2, -0.15) is 0 Å². The van der Waals surface area contributed by atoms with Gasteiger partial charge < -0.3 is 15.5 Å². The van der Waals surface area contributed by atoms with Gasteiger partial charge in [0.1, 0.15) is 5.75 Å². The Labute approximate surface area is 90.8 Å². The summed E-state index contributed by atoms with van der Waals surface area (Å²) in [5.41, 5.74) is 0.918. The zero-order valence-corrected chi connectivity index (χ0v) is 9.11. The van der Waals surface area contributed by atoms with Gasteiger partial charge in [-0.25, -0.2) is 0 Å². The van der Waals surface area contributed by atoms with Gasteiger partial charge in [0.25, 0.3) is 0 Å². The molecule has 0 aliphatic rings. The molecule has 0 aromatic heterocycles. The quantitative estimate of drug-likeness (QED) is 0.626. The molecule has 1 aromatic carbocycles. The summed E-state index contributed by atoms with van der Waals surface area (Å²) in [6.07, 6.45) is 1.77. The van der Waals surface area contributed by atoms with Gasteiger partial charge in [-0.1, -0.05) is 18.2 Å². The van der Waals surface area contributed by atoms with Crippen LogP contribution in [-0.4, -0.2) is 23.4 Å². The van der Waals surface area contributed by atoms with E-state index < -0.39 is 0 Å². The van der Waals surface area contributed by atoms with Crippen LogP contribution in [0.15, 0.2) is 24.3 Å². The number of unbranched alkanes of at least 4 members (excludes halogenated alkanes) is 1. The van der Waals surface area contributed by atoms with Crippen molar-refractivity contribution in [1.82, 2.24) is 5.32 Å². The van der Waals surface area contributed by atoms with Crippen LogP contribution in [0.3, 0.4) is 0 Å². The van der Waals surface area contributed by atoms with Crippen LogP contribution < -0.4 is 5.32 Å². The molecule has 0 aliphatic heterocycles. The molecule has 1 atom stereocenters. The molecule has 3 heteroatoms. The summed E-state index contributed by atoms with van der Waals surface area (Å²) in [6, 6.07) is 7.49. The average molecular weight is 209 g/mol. The lowest BCUT2D eigenvalue weighted by Gasteiger charge is -2.15. The molecule has 0 spiro atoms. The Morgan fingerprint density at radius 3 is 2.67 bits per heavy atom. The first-order valence-corrected chi connectivity index (χ1v) is 5.38. The summed E-state index contributed by atoms with van der Waals surface area (Å²) in [5, 5.41) is 21.5. The Morgan fingerprint density at radius 2 is 2.00 bits per heavy atom. The fourth-order valence-electron chi connectivity index (χ4n) is 1.52. The van der Waals surface area contributed by atoms with E-state index in [0.717, 1.165) is 24.9 Å². The van der Waals surface area contributed by atoms with E-state index in [0.29, 0.717) is 5.75 Å². The van der Waals surface area contributed by atoms with Gasteiger partial charge in [0.15, 0.2) is 0 Å². The molecule has 0 amide bonds. The highest BCUT2D eigenvalue weighted by Crippen LogP contribution is 2.22. The molecule has 0 heterocycles. The topological polar surface area (TPSA) is 52.5 Å². The number of phenols is 1. The van der Waals surface area contributed by atoms with E-state index in [2.05, 4.69) is 5.32 Å². The van der Waals surface area contributed by atoms with Crippen molar-refractivity contribution in [3.05, 3.63) is 29.8 Å². The van der Waals surface area contributed by atoms with Gasteiger partial charge in [0, 0.05) is 18.2 Å². The Kier molecular flexibility index (Phi) is 5.15. The number of aliphatic hydroxyl groups excluding tert-OH is 1. The molecule has 1 aromatic rings. The first kappa shape index (κ1) is 12.0. The van der Waals surface area contributed by atoms with Crippen molar-refractivity contribution in [2.45, 2.75) is 25.8 Å². The summed E-state index contributed by atoms with van der Waals surface area (Å²) >= 11 is 0. The van der Waals surface area contributed by atoms with Crippen molar-refractivity contribution in [3.8, 4) is 5.75 Å². The Morgan fingerprint density at radius 1 is 1.27 bits per heavy atom. The molecule has 1 unspecified atom stereocenters. The van der Waals surface area contributed by atoms with E-state index in [9.17, 15) is 5.11 Å². The number of rotatable bonds is 6. The number of phenolic OH excluding ortho intramolecular Hbond substituents is 1. The van der Waals surface area contributed by atoms with Crippen molar-refractivity contribution in [2.24, 2.45) is 0 Å². The fraction of sp³-hybridized carbons (Fsp3) is 0.500. The molecule has 0 aliphatic carbocycles. The maximum absolute atomic E-state index is 9.60. The Hall–Kier alpha value is -1.06. The molecule has 0 radical (unpaired) electrons. The first-order chi connectivity index (χ1) is 7.25. The molecule has 15 heavy (non-hydrogen) atoms. The standard InChI is InChI=1S/C12H19NO2/c1-10(13-8-4-5-9-14)11-6-2-3-7-12(11)15/h2-3,6-7,10,13-15H,4-5,8-9H2,1H3. The summed E-state index contributed by atoms with van der Waals surface area (Å²) < 4.78 is 0. The maximum atomic E-state index is 9.60. The molecule has 3 N–H and O–H groups in total. The first-order valence-electron chi connectivity index (χ1n) is 5.38. The van der Waals surface area contributed by atoms with Crippen molar-refractivity contribution >= 4 is 0 Å². The van der Waals surface area contributed by atoms with Crippen LogP contribution in [0.25, 0.3) is 0 Å². The smallest absolute Gasteiger partial charge is 0.120 e. The minimum absolute atomic E-state index is 0.143. The normalized spacial score (nSPS) is 12.7. The number of hydrogen-bond donors (Lipinski definition) is 3. The second-order valence-electron chi connectivity index (χ2n) is 3.67. The number of nitrogens with one attached hydrogen (secondary N) is 1. The number of aliphatic hydroxyl groups is 1. The zero-order valence-electron chi connectivity index (χ0n) is 9.11. The molecular weight excluding hydrogens is 190 g/mol. The van der Waals surface area contributed by atoms with Crippen molar-refractivity contribution < 1.29 is 10.2 Å². The van der Waals surface area contributed by atoms with Crippen molar-refractivity contribution in [1.29, 1.82) is 0 Å². The monoisotopic (exact) mass is 209 g/mol. The summed E-state index contributed by atoms with van der Waals surface area (Å²) in [4.78, 5) is 0. The van der Waals surface area contributed by atoms with Crippen LogP contribution in [0, 0.1) is 0 Å². The number of benzene rings is 1. The molecular formula is C12H19NO2. The van der Waals surface area contributed by atoms with E-state index in [1.807, 2.05) is 25.1 Å². The third kappa shape index (κ3) is 3.90. The Balaban J connectivity index is 2.40. The van der Waals surface area contributed by atoms with E-state index in [1.54, 1.807) is 6.07 Å². The van der Waals surface area contributed by atoms with Crippen LogP contribution in [-0.2, 0) is 0 Å². The van der Waals surface area contributed by atoms with Gasteiger partial charge in [-0.3, -0.25) is 0 Å². The minimum atomic E-state index is 0.143. The van der Waals surface area contributed by atoms with Crippen LogP contribution >= 0.6 is 0 Å². The van der Waals surface area contributed by atoms with E-state index in [-0.39, 0.29) is 12.6 Å². The molecule has 84 valence electrons. The largest absolute Gasteiger partial charge is 0.508 e. The fourth-order valence-corrected chi connectivity index (χ4v) is 1.52. The Bertz CT molecular complexity index is 289. The highest BCUT2D eigenvalue weighted by atomic mass is 16.3. The van der Waals surface area contributed by atoms with E-state index in [1.165, 1.54) is 0 Å². The van der Waals surface area contributed by atoms with Crippen molar-refractivity contribution in [3.63, 3.8) is 0 Å². The zero-order chi connectivity index (χ0) is 11.1. The number of hydrogen-bond acceptors (Lipinski definition) is 3. The lowest BCUT2D eigenvalue weighted by atomic mass is 10.1. The van der Waals surface area contributed by atoms with Gasteiger partial charge in [0.05, 0.1) is 0 Å². The summed E-state index contributed by atoms with van der Waals surface area (Å²) in [5.74, 6) is 0.333. The van der Waals surface area contributed by atoms with Gasteiger partial charge in [-0.05, 0) is 32.4 Å². The highest BCUT2D eigenvalue weighted by Gasteiger charge is 2.07. The van der Waals surface area contributed by atoms with Gasteiger partial charge in [-0.15, -0.1) is 0 Å². The predicted octanol–water partition coefficient (Wildman–Crippen LogP) is 1.82. The molecule has 0 saturated carbocycles. The van der Waals surface area contributed by atoms with Crippen LogP contribution in [0.2, 0.25) is 0 Å².